The lowest BCUT2D eigenvalue weighted by Gasteiger charge is -2.23. The van der Waals surface area contributed by atoms with Gasteiger partial charge in [-0.05, 0) is 36.1 Å². The van der Waals surface area contributed by atoms with Gasteiger partial charge < -0.3 is 10.4 Å². The van der Waals surface area contributed by atoms with Crippen LogP contribution < -0.4 is 5.32 Å². The van der Waals surface area contributed by atoms with Crippen LogP contribution in [-0.2, 0) is 5.41 Å². The third-order valence-electron chi connectivity index (χ3n) is 3.38. The quantitative estimate of drug-likeness (QED) is 0.865. The highest BCUT2D eigenvalue weighted by molar-refractivity contribution is 6.06. The Kier molecular flexibility index (Phi) is 4.03. The molecule has 110 valence electrons. The Morgan fingerprint density at radius 1 is 1.10 bits per heavy atom. The molecule has 0 fully saturated rings. The van der Waals surface area contributed by atoms with Crippen LogP contribution in [0, 0.1) is 6.92 Å². The Balaban J connectivity index is 2.35. The predicted octanol–water partition coefficient (Wildman–Crippen LogP) is 4.25. The highest BCUT2D eigenvalue weighted by Crippen LogP contribution is 2.30. The number of rotatable bonds is 2. The number of phenolic OH excluding ortho intramolecular Hbond substituents is 1. The summed E-state index contributed by atoms with van der Waals surface area (Å²) in [5, 5.41) is 12.8. The van der Waals surface area contributed by atoms with Crippen molar-refractivity contribution in [2.75, 3.05) is 5.32 Å². The highest BCUT2D eigenvalue weighted by Gasteiger charge is 2.19. The molecule has 0 aliphatic rings. The van der Waals surface area contributed by atoms with Crippen molar-refractivity contribution < 1.29 is 9.90 Å². The lowest BCUT2D eigenvalue weighted by molar-refractivity contribution is 0.102. The molecule has 0 saturated heterocycles. The molecule has 2 rings (SSSR count). The third kappa shape index (κ3) is 3.43. The maximum atomic E-state index is 12.4. The molecule has 2 N–H and O–H groups in total. The summed E-state index contributed by atoms with van der Waals surface area (Å²) in [6.45, 7) is 8.19. The minimum absolute atomic E-state index is 0.00802. The lowest BCUT2D eigenvalue weighted by Crippen LogP contribution is -2.18. The van der Waals surface area contributed by atoms with E-state index in [-0.39, 0.29) is 17.1 Å². The number of aryl methyl sites for hydroxylation is 1. The number of para-hydroxylation sites is 1. The molecule has 0 aliphatic heterocycles. The fourth-order valence-corrected chi connectivity index (χ4v) is 2.27. The molecule has 0 spiro atoms. The molecule has 1 amide bonds. The van der Waals surface area contributed by atoms with Crippen molar-refractivity contribution >= 4 is 11.6 Å². The van der Waals surface area contributed by atoms with Crippen molar-refractivity contribution in [2.24, 2.45) is 0 Å². The van der Waals surface area contributed by atoms with E-state index in [1.165, 1.54) is 0 Å². The molecule has 0 saturated carbocycles. The molecule has 0 bridgehead atoms. The Bertz CT molecular complexity index is 669. The van der Waals surface area contributed by atoms with Crippen LogP contribution in [0.5, 0.6) is 5.75 Å². The first kappa shape index (κ1) is 15.1. The van der Waals surface area contributed by atoms with E-state index in [4.69, 9.17) is 0 Å². The Morgan fingerprint density at radius 3 is 2.43 bits per heavy atom. The zero-order chi connectivity index (χ0) is 15.6. The fourth-order valence-electron chi connectivity index (χ4n) is 2.27. The van der Waals surface area contributed by atoms with Gasteiger partial charge in [-0.25, -0.2) is 0 Å². The van der Waals surface area contributed by atoms with E-state index < -0.39 is 0 Å². The first-order chi connectivity index (χ1) is 9.79. The van der Waals surface area contributed by atoms with Crippen molar-refractivity contribution in [3.63, 3.8) is 0 Å². The SMILES string of the molecule is Cc1ccc(O)c(C(=O)Nc2ccccc2C(C)(C)C)c1. The molecular weight excluding hydrogens is 262 g/mol. The monoisotopic (exact) mass is 283 g/mol. The van der Waals surface area contributed by atoms with E-state index in [9.17, 15) is 9.90 Å². The van der Waals surface area contributed by atoms with Crippen LogP contribution in [0.15, 0.2) is 42.5 Å². The maximum absolute atomic E-state index is 12.4. The maximum Gasteiger partial charge on any atom is 0.259 e. The molecule has 0 aliphatic carbocycles. The van der Waals surface area contributed by atoms with Gasteiger partial charge >= 0.3 is 0 Å². The van der Waals surface area contributed by atoms with Gasteiger partial charge in [0.1, 0.15) is 5.75 Å². The van der Waals surface area contributed by atoms with Gasteiger partial charge in [0.2, 0.25) is 0 Å². The predicted molar refractivity (Wildman–Crippen MR) is 85.9 cm³/mol. The van der Waals surface area contributed by atoms with Gasteiger partial charge in [0.15, 0.2) is 0 Å². The largest absolute Gasteiger partial charge is 0.507 e. The Hall–Kier alpha value is -2.29. The number of benzene rings is 2. The number of hydrogen-bond donors (Lipinski definition) is 2. The van der Waals surface area contributed by atoms with Crippen LogP contribution in [-0.4, -0.2) is 11.0 Å². The minimum Gasteiger partial charge on any atom is -0.507 e. The first-order valence-electron chi connectivity index (χ1n) is 6.99. The zero-order valence-corrected chi connectivity index (χ0v) is 12.9. The van der Waals surface area contributed by atoms with Crippen molar-refractivity contribution in [2.45, 2.75) is 33.1 Å². The van der Waals surface area contributed by atoms with Crippen molar-refractivity contribution in [1.29, 1.82) is 0 Å². The standard InChI is InChI=1S/C18H21NO2/c1-12-9-10-16(20)13(11-12)17(21)19-15-8-6-5-7-14(15)18(2,3)4/h5-11,20H,1-4H3,(H,19,21). The van der Waals surface area contributed by atoms with E-state index in [2.05, 4.69) is 26.1 Å². The number of carbonyl (C=O) groups excluding carboxylic acids is 1. The second-order valence-corrected chi connectivity index (χ2v) is 6.27. The van der Waals surface area contributed by atoms with E-state index in [0.29, 0.717) is 5.56 Å². The van der Waals surface area contributed by atoms with Gasteiger partial charge in [-0.15, -0.1) is 0 Å². The summed E-state index contributed by atoms with van der Waals surface area (Å²) in [6.07, 6.45) is 0. The molecule has 0 atom stereocenters. The van der Waals surface area contributed by atoms with E-state index in [0.717, 1.165) is 16.8 Å². The molecule has 0 aromatic heterocycles. The smallest absolute Gasteiger partial charge is 0.259 e. The van der Waals surface area contributed by atoms with E-state index in [1.54, 1.807) is 18.2 Å². The van der Waals surface area contributed by atoms with Crippen LogP contribution in [0.3, 0.4) is 0 Å². The number of carbonyl (C=O) groups is 1. The second-order valence-electron chi connectivity index (χ2n) is 6.27. The summed E-state index contributed by atoms with van der Waals surface area (Å²) in [7, 11) is 0. The number of nitrogens with one attached hydrogen (secondary N) is 1. The van der Waals surface area contributed by atoms with Gasteiger partial charge in [0, 0.05) is 5.69 Å². The minimum atomic E-state index is -0.298. The number of amides is 1. The summed E-state index contributed by atoms with van der Waals surface area (Å²) in [4.78, 5) is 12.4. The average molecular weight is 283 g/mol. The second kappa shape index (κ2) is 5.60. The molecule has 0 unspecified atom stereocenters. The molecule has 3 nitrogen and oxygen atoms in total. The van der Waals surface area contributed by atoms with Crippen LogP contribution in [0.25, 0.3) is 0 Å². The van der Waals surface area contributed by atoms with Crippen molar-refractivity contribution in [1.82, 2.24) is 0 Å². The van der Waals surface area contributed by atoms with Gasteiger partial charge in [-0.3, -0.25) is 4.79 Å². The Morgan fingerprint density at radius 2 is 1.76 bits per heavy atom. The first-order valence-corrected chi connectivity index (χ1v) is 6.99. The molecule has 0 radical (unpaired) electrons. The van der Waals surface area contributed by atoms with Gasteiger partial charge in [-0.2, -0.15) is 0 Å². The summed E-state index contributed by atoms with van der Waals surface area (Å²) < 4.78 is 0. The number of aromatic hydroxyl groups is 1. The third-order valence-corrected chi connectivity index (χ3v) is 3.38. The van der Waals surface area contributed by atoms with Crippen molar-refractivity contribution in [3.05, 3.63) is 59.2 Å². The summed E-state index contributed by atoms with van der Waals surface area (Å²) >= 11 is 0. The van der Waals surface area contributed by atoms with Gasteiger partial charge in [0.25, 0.3) is 5.91 Å². The van der Waals surface area contributed by atoms with E-state index >= 15 is 0 Å². The van der Waals surface area contributed by atoms with Crippen LogP contribution in [0.2, 0.25) is 0 Å². The summed E-state index contributed by atoms with van der Waals surface area (Å²) in [5.74, 6) is -0.306. The van der Waals surface area contributed by atoms with Crippen LogP contribution >= 0.6 is 0 Å². The van der Waals surface area contributed by atoms with Crippen LogP contribution in [0.4, 0.5) is 5.69 Å². The number of hydrogen-bond acceptors (Lipinski definition) is 2. The average Bonchev–Trinajstić information content (AvgIpc) is 2.41. The highest BCUT2D eigenvalue weighted by atomic mass is 16.3. The number of phenols is 1. The molecule has 2 aromatic carbocycles. The topological polar surface area (TPSA) is 49.3 Å². The fraction of sp³-hybridized carbons (Fsp3) is 0.278. The normalized spacial score (nSPS) is 11.2. The van der Waals surface area contributed by atoms with Gasteiger partial charge in [0.05, 0.1) is 5.56 Å². The van der Waals surface area contributed by atoms with E-state index in [1.807, 2.05) is 31.2 Å². The van der Waals surface area contributed by atoms with Crippen LogP contribution in [0.1, 0.15) is 42.3 Å². The number of anilines is 1. The molecule has 0 heterocycles. The van der Waals surface area contributed by atoms with Crippen molar-refractivity contribution in [3.8, 4) is 5.75 Å². The molecule has 2 aromatic rings. The molecule has 21 heavy (non-hydrogen) atoms. The lowest BCUT2D eigenvalue weighted by atomic mass is 9.86. The Labute approximate surface area is 125 Å². The zero-order valence-electron chi connectivity index (χ0n) is 12.9. The summed E-state index contributed by atoms with van der Waals surface area (Å²) in [6, 6.07) is 12.7. The summed E-state index contributed by atoms with van der Waals surface area (Å²) in [5.41, 5.74) is 2.99. The molecular formula is C18H21NO2. The van der Waals surface area contributed by atoms with Gasteiger partial charge in [-0.1, -0.05) is 50.6 Å². The molecule has 3 heteroatoms.